The number of hydrogen-bond donors (Lipinski definition) is 1. The van der Waals surface area contributed by atoms with Crippen molar-refractivity contribution in [3.05, 3.63) is 17.5 Å². The predicted octanol–water partition coefficient (Wildman–Crippen LogP) is 1.49. The number of aryl methyl sites for hydroxylation is 3. The Kier molecular flexibility index (Phi) is 4.81. The van der Waals surface area contributed by atoms with Gasteiger partial charge in [0.15, 0.2) is 0 Å². The van der Waals surface area contributed by atoms with Crippen molar-refractivity contribution in [2.75, 3.05) is 13.1 Å². The first-order valence-electron chi connectivity index (χ1n) is 7.53. The van der Waals surface area contributed by atoms with Crippen molar-refractivity contribution in [3.8, 4) is 0 Å². The van der Waals surface area contributed by atoms with Crippen LogP contribution in [0.2, 0.25) is 0 Å². The Morgan fingerprint density at radius 3 is 2.75 bits per heavy atom. The Hall–Kier alpha value is -1.36. The van der Waals surface area contributed by atoms with Crippen LogP contribution >= 0.6 is 0 Å². The first-order chi connectivity index (χ1) is 9.47. The Balaban J connectivity index is 1.78. The van der Waals surface area contributed by atoms with Crippen LogP contribution < -0.4 is 5.32 Å². The molecule has 2 rings (SSSR count). The molecule has 0 radical (unpaired) electrons. The van der Waals surface area contributed by atoms with E-state index in [9.17, 15) is 4.79 Å². The van der Waals surface area contributed by atoms with Gasteiger partial charge in [0.2, 0.25) is 5.91 Å². The van der Waals surface area contributed by atoms with Crippen molar-refractivity contribution in [2.45, 2.75) is 59.2 Å². The number of rotatable bonds is 6. The molecule has 5 nitrogen and oxygen atoms in total. The molecule has 1 aromatic rings. The maximum absolute atomic E-state index is 12.2. The largest absolute Gasteiger partial charge is 0.341 e. The van der Waals surface area contributed by atoms with E-state index in [0.717, 1.165) is 38.2 Å². The lowest BCUT2D eigenvalue weighted by Crippen LogP contribution is -2.41. The number of amides is 1. The zero-order valence-corrected chi connectivity index (χ0v) is 13.0. The molecule has 1 amide bonds. The van der Waals surface area contributed by atoms with Crippen molar-refractivity contribution >= 4 is 5.91 Å². The van der Waals surface area contributed by atoms with E-state index in [1.54, 1.807) is 0 Å². The van der Waals surface area contributed by atoms with E-state index in [4.69, 9.17) is 0 Å². The van der Waals surface area contributed by atoms with E-state index in [1.165, 1.54) is 5.69 Å². The molecule has 20 heavy (non-hydrogen) atoms. The van der Waals surface area contributed by atoms with Gasteiger partial charge < -0.3 is 10.2 Å². The average molecular weight is 278 g/mol. The molecule has 0 aliphatic carbocycles. The number of carbonyl (C=O) groups excluding carboxylic acids is 1. The lowest BCUT2D eigenvalue weighted by Gasteiger charge is -2.18. The third kappa shape index (κ3) is 3.60. The highest BCUT2D eigenvalue weighted by atomic mass is 16.2. The molecule has 1 N–H and O–H groups in total. The fourth-order valence-corrected chi connectivity index (χ4v) is 2.83. The van der Waals surface area contributed by atoms with Crippen LogP contribution in [0.1, 0.15) is 38.1 Å². The summed E-state index contributed by atoms with van der Waals surface area (Å²) in [5.74, 6) is 0.257. The molecule has 112 valence electrons. The fraction of sp³-hybridized carbons (Fsp3) is 0.733. The van der Waals surface area contributed by atoms with Crippen LogP contribution in [0, 0.1) is 13.8 Å². The third-order valence-corrected chi connectivity index (χ3v) is 3.73. The van der Waals surface area contributed by atoms with Gasteiger partial charge in [-0.3, -0.25) is 9.48 Å². The average Bonchev–Trinajstić information content (AvgIpc) is 2.85. The van der Waals surface area contributed by atoms with Crippen LogP contribution in [0.5, 0.6) is 0 Å². The van der Waals surface area contributed by atoms with E-state index in [0.29, 0.717) is 6.04 Å². The van der Waals surface area contributed by atoms with Gasteiger partial charge in [0.25, 0.3) is 0 Å². The molecule has 1 aromatic heterocycles. The second-order valence-electron chi connectivity index (χ2n) is 5.99. The van der Waals surface area contributed by atoms with E-state index in [2.05, 4.69) is 37.3 Å². The molecule has 1 fully saturated rings. The second-order valence-corrected chi connectivity index (χ2v) is 5.99. The maximum Gasteiger partial charge on any atom is 0.239 e. The molecule has 2 heterocycles. The highest BCUT2D eigenvalue weighted by Gasteiger charge is 2.31. The van der Waals surface area contributed by atoms with Crippen LogP contribution in [0.25, 0.3) is 0 Å². The summed E-state index contributed by atoms with van der Waals surface area (Å²) in [7, 11) is 0. The van der Waals surface area contributed by atoms with Gasteiger partial charge in [0.1, 0.15) is 0 Å². The number of likely N-dealkylation sites (tertiary alicyclic amines) is 1. The zero-order valence-electron chi connectivity index (χ0n) is 13.0. The zero-order chi connectivity index (χ0) is 14.7. The maximum atomic E-state index is 12.2. The number of hydrogen-bond acceptors (Lipinski definition) is 3. The highest BCUT2D eigenvalue weighted by Crippen LogP contribution is 2.13. The summed E-state index contributed by atoms with van der Waals surface area (Å²) < 4.78 is 2.03. The molecular formula is C15H26N4O. The standard InChI is InChI=1S/C15H26N4O/c1-11(2)16-14-6-9-18(15(14)20)7-5-8-19-13(4)10-12(3)17-19/h10-11,14,16H,5-9H2,1-4H3. The van der Waals surface area contributed by atoms with E-state index in [1.807, 2.05) is 16.5 Å². The van der Waals surface area contributed by atoms with Crippen LogP contribution in [-0.4, -0.2) is 45.8 Å². The molecule has 1 saturated heterocycles. The summed E-state index contributed by atoms with van der Waals surface area (Å²) in [5, 5.41) is 7.78. The quantitative estimate of drug-likeness (QED) is 0.857. The van der Waals surface area contributed by atoms with Gasteiger partial charge in [-0.15, -0.1) is 0 Å². The summed E-state index contributed by atoms with van der Waals surface area (Å²) in [5.41, 5.74) is 2.25. The van der Waals surface area contributed by atoms with Gasteiger partial charge in [0.05, 0.1) is 11.7 Å². The molecule has 0 bridgehead atoms. The summed E-state index contributed by atoms with van der Waals surface area (Å²) in [6.07, 6.45) is 1.89. The minimum absolute atomic E-state index is 0.0173. The van der Waals surface area contributed by atoms with Crippen LogP contribution in [-0.2, 0) is 11.3 Å². The SMILES string of the molecule is Cc1cc(C)n(CCCN2CCC(NC(C)C)C2=O)n1. The fourth-order valence-electron chi connectivity index (χ4n) is 2.83. The second kappa shape index (κ2) is 6.39. The molecule has 5 heteroatoms. The molecular weight excluding hydrogens is 252 g/mol. The van der Waals surface area contributed by atoms with E-state index >= 15 is 0 Å². The van der Waals surface area contributed by atoms with Crippen LogP contribution in [0.4, 0.5) is 0 Å². The number of carbonyl (C=O) groups is 1. The molecule has 0 spiro atoms. The molecule has 0 saturated carbocycles. The first-order valence-corrected chi connectivity index (χ1v) is 7.53. The summed E-state index contributed by atoms with van der Waals surface area (Å²) in [4.78, 5) is 14.2. The lowest BCUT2D eigenvalue weighted by atomic mass is 10.2. The van der Waals surface area contributed by atoms with Crippen molar-refractivity contribution in [1.82, 2.24) is 20.0 Å². The van der Waals surface area contributed by atoms with Crippen LogP contribution in [0.15, 0.2) is 6.07 Å². The van der Waals surface area contributed by atoms with Crippen molar-refractivity contribution < 1.29 is 4.79 Å². The molecule has 1 unspecified atom stereocenters. The van der Waals surface area contributed by atoms with Gasteiger partial charge in [-0.2, -0.15) is 5.10 Å². The first kappa shape index (κ1) is 15.0. The predicted molar refractivity (Wildman–Crippen MR) is 79.6 cm³/mol. The van der Waals surface area contributed by atoms with Crippen molar-refractivity contribution in [3.63, 3.8) is 0 Å². The van der Waals surface area contributed by atoms with Gasteiger partial charge in [-0.25, -0.2) is 0 Å². The molecule has 1 aliphatic rings. The summed E-state index contributed by atoms with van der Waals surface area (Å²) in [6, 6.07) is 2.46. The smallest absolute Gasteiger partial charge is 0.239 e. The minimum atomic E-state index is 0.0173. The third-order valence-electron chi connectivity index (χ3n) is 3.73. The van der Waals surface area contributed by atoms with Gasteiger partial charge >= 0.3 is 0 Å². The Labute approximate surface area is 121 Å². The minimum Gasteiger partial charge on any atom is -0.341 e. The lowest BCUT2D eigenvalue weighted by molar-refractivity contribution is -0.129. The highest BCUT2D eigenvalue weighted by molar-refractivity contribution is 5.83. The number of nitrogens with zero attached hydrogens (tertiary/aromatic N) is 3. The molecule has 1 atom stereocenters. The summed E-state index contributed by atoms with van der Waals surface area (Å²) in [6.45, 7) is 10.8. The topological polar surface area (TPSA) is 50.2 Å². The van der Waals surface area contributed by atoms with Crippen molar-refractivity contribution in [1.29, 1.82) is 0 Å². The molecule has 1 aliphatic heterocycles. The molecule has 0 aromatic carbocycles. The van der Waals surface area contributed by atoms with E-state index in [-0.39, 0.29) is 11.9 Å². The Bertz CT molecular complexity index is 466. The van der Waals surface area contributed by atoms with Crippen molar-refractivity contribution in [2.24, 2.45) is 0 Å². The normalized spacial score (nSPS) is 19.4. The monoisotopic (exact) mass is 278 g/mol. The number of nitrogens with one attached hydrogen (secondary N) is 1. The number of aromatic nitrogens is 2. The van der Waals surface area contributed by atoms with Crippen LogP contribution in [0.3, 0.4) is 0 Å². The summed E-state index contributed by atoms with van der Waals surface area (Å²) >= 11 is 0. The Morgan fingerprint density at radius 1 is 1.40 bits per heavy atom. The van der Waals surface area contributed by atoms with E-state index < -0.39 is 0 Å². The Morgan fingerprint density at radius 2 is 2.15 bits per heavy atom. The van der Waals surface area contributed by atoms with Gasteiger partial charge in [-0.05, 0) is 32.8 Å². The van der Waals surface area contributed by atoms with Gasteiger partial charge in [-0.1, -0.05) is 13.8 Å². The van der Waals surface area contributed by atoms with Gasteiger partial charge in [0, 0.05) is 31.4 Å².